The first kappa shape index (κ1) is 13.0. The van der Waals surface area contributed by atoms with Crippen LogP contribution in [-0.2, 0) is 0 Å². The highest BCUT2D eigenvalue weighted by Crippen LogP contribution is 2.22. The van der Waals surface area contributed by atoms with E-state index in [4.69, 9.17) is 0 Å². The zero-order valence-electron chi connectivity index (χ0n) is 10.1. The second kappa shape index (κ2) is 7.37. The minimum atomic E-state index is 0.886. The largest absolute Gasteiger partial charge is 0.303 e. The van der Waals surface area contributed by atoms with Crippen molar-refractivity contribution in [1.29, 1.82) is 0 Å². The lowest BCUT2D eigenvalue weighted by Gasteiger charge is -2.14. The predicted octanol–water partition coefficient (Wildman–Crippen LogP) is 3.40. The van der Waals surface area contributed by atoms with E-state index in [-0.39, 0.29) is 0 Å². The molecule has 1 atom stereocenters. The van der Waals surface area contributed by atoms with Gasteiger partial charge in [-0.3, -0.25) is 0 Å². The molecule has 0 aliphatic carbocycles. The van der Waals surface area contributed by atoms with Crippen molar-refractivity contribution in [3.8, 4) is 0 Å². The smallest absolute Gasteiger partial charge is 0.00101 e. The third kappa shape index (κ3) is 5.30. The van der Waals surface area contributed by atoms with Gasteiger partial charge in [0.05, 0.1) is 0 Å². The van der Waals surface area contributed by atoms with Crippen LogP contribution in [-0.4, -0.2) is 24.5 Å². The van der Waals surface area contributed by atoms with Crippen LogP contribution in [0.5, 0.6) is 0 Å². The average molecular weight is 185 g/mol. The van der Waals surface area contributed by atoms with Gasteiger partial charge in [0.1, 0.15) is 0 Å². The molecule has 1 rings (SSSR count). The first-order valence-corrected chi connectivity index (χ1v) is 5.94. The highest BCUT2D eigenvalue weighted by molar-refractivity contribution is 4.75. The second-order valence-corrected chi connectivity index (χ2v) is 4.18. The summed E-state index contributed by atoms with van der Waals surface area (Å²) >= 11 is 0. The zero-order chi connectivity index (χ0) is 10.3. The summed E-state index contributed by atoms with van der Waals surface area (Å²) in [4.78, 5) is 2.56. The summed E-state index contributed by atoms with van der Waals surface area (Å²) in [7, 11) is 0. The van der Waals surface area contributed by atoms with Gasteiger partial charge in [-0.2, -0.15) is 0 Å². The lowest BCUT2D eigenvalue weighted by molar-refractivity contribution is 0.327. The molecule has 0 spiro atoms. The van der Waals surface area contributed by atoms with Crippen molar-refractivity contribution < 1.29 is 0 Å². The van der Waals surface area contributed by atoms with Gasteiger partial charge in [-0.25, -0.2) is 0 Å². The Kier molecular flexibility index (Phi) is 7.35. The van der Waals surface area contributed by atoms with E-state index >= 15 is 0 Å². The third-order valence-electron chi connectivity index (χ3n) is 2.62. The molecular weight excluding hydrogens is 158 g/mol. The maximum atomic E-state index is 2.56. The first-order chi connectivity index (χ1) is 6.22. The molecule has 0 aromatic rings. The van der Waals surface area contributed by atoms with Crippen LogP contribution < -0.4 is 0 Å². The monoisotopic (exact) mass is 185 g/mol. The highest BCUT2D eigenvalue weighted by Gasteiger charge is 2.21. The number of nitrogens with zero attached hydrogens (tertiary/aromatic N) is 1. The molecule has 0 amide bonds. The minimum Gasteiger partial charge on any atom is -0.303 e. The average Bonchev–Trinajstić information content (AvgIpc) is 2.55. The Labute approximate surface area is 84.5 Å². The molecule has 13 heavy (non-hydrogen) atoms. The Bertz CT molecular complexity index is 110. The number of hydrogen-bond donors (Lipinski definition) is 0. The summed E-state index contributed by atoms with van der Waals surface area (Å²) in [6.07, 6.45) is 2.86. The standard InChI is InChI=1S/C10H21N.C2H6/c1-4-11-6-5-10(8-11)7-9(2)3;1-2/h9-10H,4-8H2,1-3H3;1-2H3. The van der Waals surface area contributed by atoms with Gasteiger partial charge >= 0.3 is 0 Å². The molecule has 80 valence electrons. The minimum absolute atomic E-state index is 0.886. The maximum absolute atomic E-state index is 2.56. The van der Waals surface area contributed by atoms with E-state index < -0.39 is 0 Å². The molecule has 0 saturated carbocycles. The van der Waals surface area contributed by atoms with E-state index in [0.717, 1.165) is 11.8 Å². The van der Waals surface area contributed by atoms with E-state index in [9.17, 15) is 0 Å². The van der Waals surface area contributed by atoms with Crippen molar-refractivity contribution in [3.63, 3.8) is 0 Å². The molecule has 1 saturated heterocycles. The van der Waals surface area contributed by atoms with Crippen LogP contribution in [0.4, 0.5) is 0 Å². The second-order valence-electron chi connectivity index (χ2n) is 4.18. The van der Waals surface area contributed by atoms with E-state index in [1.54, 1.807) is 0 Å². The summed E-state index contributed by atoms with van der Waals surface area (Å²) in [6.45, 7) is 14.9. The number of rotatable bonds is 3. The lowest BCUT2D eigenvalue weighted by Crippen LogP contribution is -2.20. The number of hydrogen-bond acceptors (Lipinski definition) is 1. The van der Waals surface area contributed by atoms with Crippen molar-refractivity contribution in [2.24, 2.45) is 11.8 Å². The van der Waals surface area contributed by atoms with Crippen LogP contribution in [0, 0.1) is 11.8 Å². The summed E-state index contributed by atoms with van der Waals surface area (Å²) in [5.74, 6) is 1.88. The molecule has 1 heteroatoms. The van der Waals surface area contributed by atoms with Gasteiger partial charge in [0.2, 0.25) is 0 Å². The van der Waals surface area contributed by atoms with E-state index in [0.29, 0.717) is 0 Å². The predicted molar refractivity (Wildman–Crippen MR) is 61.0 cm³/mol. The molecule has 1 fully saturated rings. The quantitative estimate of drug-likeness (QED) is 0.651. The van der Waals surface area contributed by atoms with Crippen molar-refractivity contribution in [2.45, 2.75) is 47.5 Å². The third-order valence-corrected chi connectivity index (χ3v) is 2.62. The summed E-state index contributed by atoms with van der Waals surface area (Å²) in [5.41, 5.74) is 0. The SMILES string of the molecule is CC.CCN1CCC(CC(C)C)C1. The zero-order valence-corrected chi connectivity index (χ0v) is 10.1. The van der Waals surface area contributed by atoms with Gasteiger partial charge in [0.25, 0.3) is 0 Å². The van der Waals surface area contributed by atoms with Crippen molar-refractivity contribution >= 4 is 0 Å². The van der Waals surface area contributed by atoms with Crippen molar-refractivity contribution in [1.82, 2.24) is 4.90 Å². The summed E-state index contributed by atoms with van der Waals surface area (Å²) in [5, 5.41) is 0. The Morgan fingerprint density at radius 1 is 1.31 bits per heavy atom. The van der Waals surface area contributed by atoms with Crippen molar-refractivity contribution in [3.05, 3.63) is 0 Å². The van der Waals surface area contributed by atoms with Gasteiger partial charge in [0, 0.05) is 6.54 Å². The number of likely N-dealkylation sites (tertiary alicyclic amines) is 1. The topological polar surface area (TPSA) is 3.24 Å². The normalized spacial score (nSPS) is 23.1. The molecule has 0 radical (unpaired) electrons. The molecule has 0 aromatic heterocycles. The Hall–Kier alpha value is -0.0400. The van der Waals surface area contributed by atoms with Gasteiger partial charge < -0.3 is 4.90 Å². The van der Waals surface area contributed by atoms with Crippen LogP contribution >= 0.6 is 0 Å². The fourth-order valence-electron chi connectivity index (χ4n) is 2.06. The van der Waals surface area contributed by atoms with Gasteiger partial charge in [-0.15, -0.1) is 0 Å². The molecule has 0 N–H and O–H groups in total. The first-order valence-electron chi connectivity index (χ1n) is 5.94. The molecule has 1 heterocycles. The molecule has 0 aromatic carbocycles. The van der Waals surface area contributed by atoms with E-state index in [1.165, 1.54) is 32.5 Å². The fraction of sp³-hybridized carbons (Fsp3) is 1.00. The molecule has 1 aliphatic heterocycles. The Morgan fingerprint density at radius 2 is 1.92 bits per heavy atom. The van der Waals surface area contributed by atoms with E-state index in [1.807, 2.05) is 13.8 Å². The van der Waals surface area contributed by atoms with E-state index in [2.05, 4.69) is 25.7 Å². The van der Waals surface area contributed by atoms with Crippen LogP contribution in [0.15, 0.2) is 0 Å². The summed E-state index contributed by atoms with van der Waals surface area (Å²) < 4.78 is 0. The highest BCUT2D eigenvalue weighted by atomic mass is 15.1. The molecule has 0 bridgehead atoms. The Balaban J connectivity index is 0.000000671. The van der Waals surface area contributed by atoms with Gasteiger partial charge in [0.15, 0.2) is 0 Å². The van der Waals surface area contributed by atoms with Crippen LogP contribution in [0.25, 0.3) is 0 Å². The lowest BCUT2D eigenvalue weighted by atomic mass is 9.97. The Morgan fingerprint density at radius 3 is 2.31 bits per heavy atom. The van der Waals surface area contributed by atoms with Crippen LogP contribution in [0.3, 0.4) is 0 Å². The molecular formula is C12H27N. The maximum Gasteiger partial charge on any atom is 0.00101 e. The van der Waals surface area contributed by atoms with Crippen LogP contribution in [0.2, 0.25) is 0 Å². The van der Waals surface area contributed by atoms with Crippen LogP contribution in [0.1, 0.15) is 47.5 Å². The molecule has 1 nitrogen and oxygen atoms in total. The van der Waals surface area contributed by atoms with Gasteiger partial charge in [-0.05, 0) is 37.8 Å². The molecule has 1 aliphatic rings. The summed E-state index contributed by atoms with van der Waals surface area (Å²) in [6, 6.07) is 0. The fourth-order valence-corrected chi connectivity index (χ4v) is 2.06. The van der Waals surface area contributed by atoms with Gasteiger partial charge in [-0.1, -0.05) is 34.6 Å². The van der Waals surface area contributed by atoms with Crippen molar-refractivity contribution in [2.75, 3.05) is 19.6 Å². The molecule has 1 unspecified atom stereocenters.